The maximum atomic E-state index is 13.2. The van der Waals surface area contributed by atoms with E-state index in [0.717, 1.165) is 29.7 Å². The molecule has 0 atom stereocenters. The van der Waals surface area contributed by atoms with Gasteiger partial charge in [0.2, 0.25) is 0 Å². The third kappa shape index (κ3) is 4.59. The molecule has 0 saturated carbocycles. The zero-order chi connectivity index (χ0) is 20.1. The van der Waals surface area contributed by atoms with Crippen LogP contribution in [0.5, 0.6) is 0 Å². The van der Waals surface area contributed by atoms with E-state index in [0.29, 0.717) is 18.9 Å². The molecular formula is C19H23F3N6. The largest absolute Gasteiger partial charge is 0.453 e. The highest BCUT2D eigenvalue weighted by Gasteiger charge is 2.37. The first-order chi connectivity index (χ1) is 13.4. The van der Waals surface area contributed by atoms with Gasteiger partial charge in [-0.25, -0.2) is 0 Å². The fourth-order valence-corrected chi connectivity index (χ4v) is 3.01. The second kappa shape index (κ2) is 8.55. The summed E-state index contributed by atoms with van der Waals surface area (Å²) in [5.41, 5.74) is 1.13. The first-order valence-corrected chi connectivity index (χ1v) is 9.23. The summed E-state index contributed by atoms with van der Waals surface area (Å²) in [6, 6.07) is 13.0. The Morgan fingerprint density at radius 3 is 2.29 bits per heavy atom. The van der Waals surface area contributed by atoms with Crippen LogP contribution < -0.4 is 4.90 Å². The van der Waals surface area contributed by atoms with Crippen LogP contribution in [0.15, 0.2) is 42.5 Å². The summed E-state index contributed by atoms with van der Waals surface area (Å²) in [6.07, 6.45) is -4.61. The van der Waals surface area contributed by atoms with Crippen molar-refractivity contribution in [2.45, 2.75) is 26.6 Å². The number of hydrogen-bond donors (Lipinski definition) is 0. The molecule has 2 heterocycles. The minimum absolute atomic E-state index is 0.0690. The van der Waals surface area contributed by atoms with Gasteiger partial charge in [0.25, 0.3) is 5.82 Å². The molecule has 6 nitrogen and oxygen atoms in total. The second-order valence-electron chi connectivity index (χ2n) is 6.42. The molecule has 9 heteroatoms. The lowest BCUT2D eigenvalue weighted by molar-refractivity contribution is -0.146. The van der Waals surface area contributed by atoms with Gasteiger partial charge in [0.1, 0.15) is 5.82 Å². The van der Waals surface area contributed by atoms with E-state index in [1.807, 2.05) is 35.2 Å². The molecule has 2 aromatic heterocycles. The monoisotopic (exact) mass is 392 g/mol. The van der Waals surface area contributed by atoms with E-state index in [1.165, 1.54) is 6.07 Å². The van der Waals surface area contributed by atoms with Crippen molar-refractivity contribution in [2.24, 2.45) is 0 Å². The zero-order valence-electron chi connectivity index (χ0n) is 15.9. The lowest BCUT2D eigenvalue weighted by Crippen LogP contribution is -2.35. The quantitative estimate of drug-likeness (QED) is 0.587. The Morgan fingerprint density at radius 2 is 1.64 bits per heavy atom. The van der Waals surface area contributed by atoms with Crippen molar-refractivity contribution in [3.05, 3.63) is 53.9 Å². The predicted molar refractivity (Wildman–Crippen MR) is 101 cm³/mol. The molecule has 28 heavy (non-hydrogen) atoms. The van der Waals surface area contributed by atoms with E-state index in [9.17, 15) is 13.2 Å². The molecule has 3 rings (SSSR count). The Balaban J connectivity index is 1.93. The Morgan fingerprint density at radius 1 is 0.929 bits per heavy atom. The molecule has 0 aliphatic heterocycles. The van der Waals surface area contributed by atoms with Gasteiger partial charge in [-0.3, -0.25) is 0 Å². The highest BCUT2D eigenvalue weighted by Crippen LogP contribution is 2.28. The van der Waals surface area contributed by atoms with E-state index in [-0.39, 0.29) is 5.65 Å². The van der Waals surface area contributed by atoms with Crippen LogP contribution in [0.4, 0.5) is 19.0 Å². The average molecular weight is 392 g/mol. The van der Waals surface area contributed by atoms with Crippen molar-refractivity contribution in [1.82, 2.24) is 24.7 Å². The van der Waals surface area contributed by atoms with Gasteiger partial charge in [0.15, 0.2) is 5.65 Å². The number of fused-ring (bicyclic) bond motifs is 1. The summed E-state index contributed by atoms with van der Waals surface area (Å²) < 4.78 is 40.3. The van der Waals surface area contributed by atoms with E-state index < -0.39 is 12.0 Å². The number of likely N-dealkylation sites (N-methyl/N-ethyl adjacent to an activating group) is 1. The number of rotatable bonds is 8. The molecule has 3 aromatic rings. The van der Waals surface area contributed by atoms with Crippen LogP contribution in [0.1, 0.15) is 25.2 Å². The van der Waals surface area contributed by atoms with Crippen LogP contribution in [0.3, 0.4) is 0 Å². The number of halogens is 3. The molecule has 0 aliphatic carbocycles. The number of nitrogens with zero attached hydrogens (tertiary/aromatic N) is 6. The minimum Gasteiger partial charge on any atom is -0.350 e. The Bertz CT molecular complexity index is 890. The van der Waals surface area contributed by atoms with Gasteiger partial charge in [0.05, 0.1) is 0 Å². The number of hydrogen-bond acceptors (Lipinski definition) is 5. The van der Waals surface area contributed by atoms with E-state index in [2.05, 4.69) is 34.0 Å². The molecule has 0 aliphatic rings. The highest BCUT2D eigenvalue weighted by molar-refractivity contribution is 5.46. The molecule has 0 saturated heterocycles. The Labute approximate surface area is 161 Å². The first-order valence-electron chi connectivity index (χ1n) is 9.23. The SMILES string of the molecule is CCN(CC)CCN(Cc1ccccc1)c1ccc2nnc(C(F)(F)F)n2n1. The van der Waals surface area contributed by atoms with Crippen LogP contribution in [0.25, 0.3) is 5.65 Å². The first kappa shape index (κ1) is 20.1. The fraction of sp³-hybridized carbons (Fsp3) is 0.421. The molecule has 1 aromatic carbocycles. The fourth-order valence-electron chi connectivity index (χ4n) is 3.01. The summed E-state index contributed by atoms with van der Waals surface area (Å²) in [5.74, 6) is -0.665. The molecule has 0 unspecified atom stereocenters. The van der Waals surface area contributed by atoms with E-state index in [1.54, 1.807) is 6.07 Å². The van der Waals surface area contributed by atoms with Crippen LogP contribution in [0.2, 0.25) is 0 Å². The third-order valence-electron chi connectivity index (χ3n) is 4.62. The molecule has 0 amide bonds. The average Bonchev–Trinajstić information content (AvgIpc) is 3.12. The number of benzene rings is 1. The standard InChI is InChI=1S/C19H23F3N6/c1-3-26(4-2)12-13-27(14-15-8-6-5-7-9-15)17-11-10-16-23-24-18(19(20,21)22)28(16)25-17/h5-11H,3-4,12-14H2,1-2H3. The lowest BCUT2D eigenvalue weighted by atomic mass is 10.2. The number of alkyl halides is 3. The Kier molecular flexibility index (Phi) is 6.13. The van der Waals surface area contributed by atoms with Gasteiger partial charge in [0, 0.05) is 19.6 Å². The van der Waals surface area contributed by atoms with Crippen molar-refractivity contribution >= 4 is 11.5 Å². The van der Waals surface area contributed by atoms with Gasteiger partial charge in [-0.2, -0.15) is 17.7 Å². The number of aromatic nitrogens is 4. The van der Waals surface area contributed by atoms with Gasteiger partial charge in [-0.1, -0.05) is 44.2 Å². The second-order valence-corrected chi connectivity index (χ2v) is 6.42. The van der Waals surface area contributed by atoms with Crippen molar-refractivity contribution in [3.63, 3.8) is 0 Å². The van der Waals surface area contributed by atoms with Crippen molar-refractivity contribution in [3.8, 4) is 0 Å². The van der Waals surface area contributed by atoms with E-state index >= 15 is 0 Å². The summed E-state index contributed by atoms with van der Waals surface area (Å²) in [6.45, 7) is 7.96. The summed E-state index contributed by atoms with van der Waals surface area (Å²) >= 11 is 0. The van der Waals surface area contributed by atoms with Gasteiger partial charge < -0.3 is 9.80 Å². The van der Waals surface area contributed by atoms with Crippen LogP contribution >= 0.6 is 0 Å². The smallest absolute Gasteiger partial charge is 0.350 e. The zero-order valence-corrected chi connectivity index (χ0v) is 15.9. The predicted octanol–water partition coefficient (Wildman–Crippen LogP) is 3.49. The van der Waals surface area contributed by atoms with Crippen LogP contribution in [-0.2, 0) is 12.7 Å². The van der Waals surface area contributed by atoms with Gasteiger partial charge in [-0.05, 0) is 30.8 Å². The maximum Gasteiger partial charge on any atom is 0.453 e. The molecule has 0 bridgehead atoms. The maximum absolute atomic E-state index is 13.2. The van der Waals surface area contributed by atoms with Crippen molar-refractivity contribution < 1.29 is 13.2 Å². The van der Waals surface area contributed by atoms with Crippen LogP contribution in [0, 0.1) is 0 Å². The topological polar surface area (TPSA) is 49.6 Å². The molecule has 0 spiro atoms. The summed E-state index contributed by atoms with van der Waals surface area (Å²) in [4.78, 5) is 4.24. The summed E-state index contributed by atoms with van der Waals surface area (Å²) in [7, 11) is 0. The highest BCUT2D eigenvalue weighted by atomic mass is 19.4. The third-order valence-corrected chi connectivity index (χ3v) is 4.62. The van der Waals surface area contributed by atoms with Gasteiger partial charge >= 0.3 is 6.18 Å². The number of anilines is 1. The van der Waals surface area contributed by atoms with Crippen molar-refractivity contribution in [1.29, 1.82) is 0 Å². The molecular weight excluding hydrogens is 369 g/mol. The van der Waals surface area contributed by atoms with E-state index in [4.69, 9.17) is 0 Å². The normalized spacial score (nSPS) is 12.1. The Hall–Kier alpha value is -2.68. The molecule has 0 N–H and O–H groups in total. The lowest BCUT2D eigenvalue weighted by Gasteiger charge is -2.27. The molecule has 0 radical (unpaired) electrons. The summed E-state index contributed by atoms with van der Waals surface area (Å²) in [5, 5.41) is 11.0. The van der Waals surface area contributed by atoms with Gasteiger partial charge in [-0.15, -0.1) is 15.3 Å². The minimum atomic E-state index is -4.61. The van der Waals surface area contributed by atoms with Crippen LogP contribution in [-0.4, -0.2) is 50.9 Å². The van der Waals surface area contributed by atoms with Crippen molar-refractivity contribution in [2.75, 3.05) is 31.1 Å². The molecule has 0 fully saturated rings. The molecule has 150 valence electrons.